The Balaban J connectivity index is 1.68. The van der Waals surface area contributed by atoms with E-state index in [9.17, 15) is 0 Å². The Morgan fingerprint density at radius 3 is 2.68 bits per heavy atom. The van der Waals surface area contributed by atoms with Gasteiger partial charge < -0.3 is 0 Å². The summed E-state index contributed by atoms with van der Waals surface area (Å²) in [6, 6.07) is 8.26. The van der Waals surface area contributed by atoms with Crippen molar-refractivity contribution in [3.8, 4) is 5.69 Å². The molecule has 0 amide bonds. The van der Waals surface area contributed by atoms with Gasteiger partial charge in [0.05, 0.1) is 18.4 Å². The number of benzene rings is 1. The summed E-state index contributed by atoms with van der Waals surface area (Å²) in [6.07, 6.45) is 4.01. The van der Waals surface area contributed by atoms with Crippen LogP contribution < -0.4 is 0 Å². The second kappa shape index (κ2) is 6.37. The maximum Gasteiger partial charge on any atom is 0.131 e. The third kappa shape index (κ3) is 3.40. The first-order valence-electron chi connectivity index (χ1n) is 7.19. The van der Waals surface area contributed by atoms with Gasteiger partial charge in [-0.1, -0.05) is 18.2 Å². The average Bonchev–Trinajstić information content (AvgIpc) is 3.09. The van der Waals surface area contributed by atoms with Gasteiger partial charge in [-0.3, -0.25) is 4.90 Å². The van der Waals surface area contributed by atoms with Crippen LogP contribution in [0, 0.1) is 13.8 Å². The molecule has 0 aliphatic carbocycles. The van der Waals surface area contributed by atoms with Crippen LogP contribution in [0.3, 0.4) is 0 Å². The minimum Gasteiger partial charge on any atom is -0.295 e. The first-order valence-corrected chi connectivity index (χ1v) is 8.00. The van der Waals surface area contributed by atoms with Crippen LogP contribution >= 0.6 is 11.3 Å². The molecule has 0 saturated heterocycles. The molecule has 5 nitrogen and oxygen atoms in total. The molecule has 1 aromatic carbocycles. The van der Waals surface area contributed by atoms with Gasteiger partial charge in [-0.05, 0) is 32.5 Å². The molecule has 0 spiro atoms. The average molecular weight is 313 g/mol. The summed E-state index contributed by atoms with van der Waals surface area (Å²) < 4.78 is 1.94. The Kier molecular flexibility index (Phi) is 4.31. The number of hydrogen-bond acceptors (Lipinski definition) is 5. The van der Waals surface area contributed by atoms with Gasteiger partial charge in [-0.15, -0.1) is 21.5 Å². The highest BCUT2D eigenvalue weighted by Gasteiger charge is 2.08. The summed E-state index contributed by atoms with van der Waals surface area (Å²) in [6.45, 7) is 5.72. The molecule has 2 heterocycles. The lowest BCUT2D eigenvalue weighted by Gasteiger charge is -2.13. The molecule has 3 rings (SSSR count). The van der Waals surface area contributed by atoms with Gasteiger partial charge in [-0.2, -0.15) is 5.10 Å². The van der Waals surface area contributed by atoms with Crippen molar-refractivity contribution >= 4 is 11.3 Å². The normalized spacial score (nSPS) is 11.3. The zero-order chi connectivity index (χ0) is 15.5. The summed E-state index contributed by atoms with van der Waals surface area (Å²) in [5.41, 5.74) is 3.53. The van der Waals surface area contributed by atoms with E-state index < -0.39 is 0 Å². The molecule has 0 unspecified atom stereocenters. The van der Waals surface area contributed by atoms with Gasteiger partial charge >= 0.3 is 0 Å². The van der Waals surface area contributed by atoms with Crippen molar-refractivity contribution in [2.45, 2.75) is 26.9 Å². The van der Waals surface area contributed by atoms with Crippen molar-refractivity contribution in [1.82, 2.24) is 24.9 Å². The Bertz CT molecular complexity index is 761. The molecule has 0 radical (unpaired) electrons. The third-order valence-electron chi connectivity index (χ3n) is 3.42. The van der Waals surface area contributed by atoms with Crippen molar-refractivity contribution in [3.05, 3.63) is 57.8 Å². The number of hydrogen-bond donors (Lipinski definition) is 0. The van der Waals surface area contributed by atoms with Crippen LogP contribution in [0.25, 0.3) is 5.69 Å². The van der Waals surface area contributed by atoms with Crippen LogP contribution in [0.4, 0.5) is 0 Å². The van der Waals surface area contributed by atoms with E-state index in [0.717, 1.165) is 28.8 Å². The Morgan fingerprint density at radius 1 is 1.14 bits per heavy atom. The highest BCUT2D eigenvalue weighted by molar-refractivity contribution is 7.11. The first-order chi connectivity index (χ1) is 10.6. The molecule has 2 aromatic heterocycles. The molecular weight excluding hydrogens is 294 g/mol. The van der Waals surface area contributed by atoms with Crippen LogP contribution in [-0.4, -0.2) is 31.9 Å². The minimum atomic E-state index is 0.807. The van der Waals surface area contributed by atoms with E-state index in [4.69, 9.17) is 0 Å². The topological polar surface area (TPSA) is 46.8 Å². The van der Waals surface area contributed by atoms with Crippen LogP contribution in [-0.2, 0) is 13.1 Å². The number of aryl methyl sites for hydroxylation is 2. The monoisotopic (exact) mass is 313 g/mol. The van der Waals surface area contributed by atoms with Crippen LogP contribution in [0.2, 0.25) is 0 Å². The summed E-state index contributed by atoms with van der Waals surface area (Å²) in [7, 11) is 2.09. The molecule has 0 N–H and O–H groups in total. The predicted molar refractivity (Wildman–Crippen MR) is 88.1 cm³/mol. The number of rotatable bonds is 5. The van der Waals surface area contributed by atoms with Crippen molar-refractivity contribution in [2.75, 3.05) is 7.05 Å². The molecule has 0 saturated carbocycles. The van der Waals surface area contributed by atoms with E-state index in [2.05, 4.69) is 52.5 Å². The second-order valence-electron chi connectivity index (χ2n) is 5.47. The maximum absolute atomic E-state index is 4.48. The van der Waals surface area contributed by atoms with Gasteiger partial charge in [-0.25, -0.2) is 4.68 Å². The van der Waals surface area contributed by atoms with Crippen LogP contribution in [0.5, 0.6) is 0 Å². The molecule has 0 aliphatic heterocycles. The molecule has 0 atom stereocenters. The lowest BCUT2D eigenvalue weighted by molar-refractivity contribution is 0.317. The molecule has 0 aliphatic rings. The highest BCUT2D eigenvalue weighted by Crippen LogP contribution is 2.15. The van der Waals surface area contributed by atoms with E-state index in [0.29, 0.717) is 0 Å². The van der Waals surface area contributed by atoms with E-state index in [-0.39, 0.29) is 0 Å². The molecule has 22 heavy (non-hydrogen) atoms. The molecule has 114 valence electrons. The Labute approximate surface area is 134 Å². The van der Waals surface area contributed by atoms with E-state index in [1.54, 1.807) is 11.3 Å². The van der Waals surface area contributed by atoms with E-state index in [1.807, 2.05) is 29.9 Å². The van der Waals surface area contributed by atoms with Gasteiger partial charge in [0.2, 0.25) is 0 Å². The Hall–Kier alpha value is -2.05. The van der Waals surface area contributed by atoms with Crippen LogP contribution in [0.1, 0.15) is 21.1 Å². The lowest BCUT2D eigenvalue weighted by atomic mass is 10.2. The maximum atomic E-state index is 4.48. The lowest BCUT2D eigenvalue weighted by Crippen LogP contribution is -2.16. The fourth-order valence-corrected chi connectivity index (χ4v) is 3.18. The fraction of sp³-hybridized carbons (Fsp3) is 0.312. The van der Waals surface area contributed by atoms with E-state index >= 15 is 0 Å². The van der Waals surface area contributed by atoms with Crippen molar-refractivity contribution < 1.29 is 0 Å². The van der Waals surface area contributed by atoms with E-state index in [1.165, 1.54) is 11.1 Å². The second-order valence-corrected chi connectivity index (χ2v) is 6.73. The quantitative estimate of drug-likeness (QED) is 0.726. The summed E-state index contributed by atoms with van der Waals surface area (Å²) >= 11 is 1.65. The highest BCUT2D eigenvalue weighted by atomic mass is 32.1. The minimum absolute atomic E-state index is 0.807. The number of aromatic nitrogens is 4. The first kappa shape index (κ1) is 14.9. The smallest absolute Gasteiger partial charge is 0.131 e. The van der Waals surface area contributed by atoms with Crippen molar-refractivity contribution in [3.63, 3.8) is 0 Å². The molecular formula is C16H19N5S. The Morgan fingerprint density at radius 2 is 1.95 bits per heavy atom. The molecule has 3 aromatic rings. The predicted octanol–water partition coefficient (Wildman–Crippen LogP) is 2.97. The SMILES string of the molecule is Cc1nnc(CN(C)Cc2cnn(-c3ccccc3C)c2)s1. The number of para-hydroxylation sites is 1. The van der Waals surface area contributed by atoms with Crippen molar-refractivity contribution in [1.29, 1.82) is 0 Å². The molecule has 6 heteroatoms. The summed E-state index contributed by atoms with van der Waals surface area (Å²) in [5.74, 6) is 0. The van der Waals surface area contributed by atoms with Gasteiger partial charge in [0.1, 0.15) is 10.0 Å². The largest absolute Gasteiger partial charge is 0.295 e. The summed E-state index contributed by atoms with van der Waals surface area (Å²) in [5, 5.41) is 14.8. The van der Waals surface area contributed by atoms with Crippen LogP contribution in [0.15, 0.2) is 36.7 Å². The zero-order valence-electron chi connectivity index (χ0n) is 13.0. The van der Waals surface area contributed by atoms with Gasteiger partial charge in [0.15, 0.2) is 0 Å². The third-order valence-corrected chi connectivity index (χ3v) is 4.25. The number of nitrogens with zero attached hydrogens (tertiary/aromatic N) is 5. The zero-order valence-corrected chi connectivity index (χ0v) is 13.8. The summed E-state index contributed by atoms with van der Waals surface area (Å²) in [4.78, 5) is 2.22. The van der Waals surface area contributed by atoms with Gasteiger partial charge in [0, 0.05) is 18.3 Å². The standard InChI is InChI=1S/C16H19N5S/c1-12-6-4-5-7-15(12)21-10-14(8-17-21)9-20(3)11-16-19-18-13(2)22-16/h4-8,10H,9,11H2,1-3H3. The van der Waals surface area contributed by atoms with Crippen molar-refractivity contribution in [2.24, 2.45) is 0 Å². The molecule has 0 fully saturated rings. The fourth-order valence-electron chi connectivity index (χ4n) is 2.39. The molecule has 0 bridgehead atoms. The van der Waals surface area contributed by atoms with Gasteiger partial charge in [0.25, 0.3) is 0 Å².